The van der Waals surface area contributed by atoms with E-state index in [0.29, 0.717) is 24.9 Å². The number of ether oxygens (including phenoxy) is 1. The Bertz CT molecular complexity index is 659. The third-order valence-electron chi connectivity index (χ3n) is 3.37. The Balaban J connectivity index is 0.00000312. The fourth-order valence-corrected chi connectivity index (χ4v) is 2.91. The van der Waals surface area contributed by atoms with Crippen LogP contribution in [0, 0.1) is 6.92 Å². The Morgan fingerprint density at radius 2 is 2.20 bits per heavy atom. The van der Waals surface area contributed by atoms with E-state index in [0.717, 1.165) is 19.0 Å². The highest BCUT2D eigenvalue weighted by Gasteiger charge is 2.13. The van der Waals surface area contributed by atoms with Crippen molar-refractivity contribution in [1.82, 2.24) is 20.8 Å². The Morgan fingerprint density at radius 3 is 2.84 bits per heavy atom. The van der Waals surface area contributed by atoms with Gasteiger partial charge in [-0.1, -0.05) is 5.16 Å². The van der Waals surface area contributed by atoms with Crippen LogP contribution in [0.4, 0.5) is 0 Å². The van der Waals surface area contributed by atoms with E-state index in [4.69, 9.17) is 9.26 Å². The van der Waals surface area contributed by atoms with Crippen LogP contribution < -0.4 is 10.6 Å². The quantitative estimate of drug-likeness (QED) is 0.343. The molecule has 2 rings (SSSR count). The van der Waals surface area contributed by atoms with Gasteiger partial charge in [0.15, 0.2) is 11.8 Å². The highest BCUT2D eigenvalue weighted by Crippen LogP contribution is 2.15. The van der Waals surface area contributed by atoms with E-state index in [1.165, 1.54) is 10.4 Å². The largest absolute Gasteiger partial charge is 0.371 e. The third kappa shape index (κ3) is 6.90. The summed E-state index contributed by atoms with van der Waals surface area (Å²) in [6, 6.07) is 2.12. The molecule has 2 heterocycles. The molecule has 2 aromatic heterocycles. The highest BCUT2D eigenvalue weighted by molar-refractivity contribution is 14.0. The third-order valence-corrected chi connectivity index (χ3v) is 4.39. The molecule has 0 fully saturated rings. The molecule has 140 valence electrons. The maximum atomic E-state index is 5.45. The van der Waals surface area contributed by atoms with E-state index in [2.05, 4.69) is 44.1 Å². The molecule has 9 heteroatoms. The highest BCUT2D eigenvalue weighted by atomic mass is 127. The summed E-state index contributed by atoms with van der Waals surface area (Å²) < 4.78 is 10.7. The normalized spacial score (nSPS) is 12.6. The van der Waals surface area contributed by atoms with E-state index in [-0.39, 0.29) is 30.1 Å². The number of nitrogens with zero attached hydrogens (tertiary/aromatic N) is 3. The molecule has 0 aliphatic heterocycles. The van der Waals surface area contributed by atoms with Crippen molar-refractivity contribution in [2.75, 3.05) is 13.2 Å². The van der Waals surface area contributed by atoms with E-state index >= 15 is 0 Å². The van der Waals surface area contributed by atoms with Crippen LogP contribution in [0.1, 0.15) is 49.0 Å². The zero-order valence-electron chi connectivity index (χ0n) is 15.0. The summed E-state index contributed by atoms with van der Waals surface area (Å²) in [7, 11) is 0. The second kappa shape index (κ2) is 11.4. The van der Waals surface area contributed by atoms with E-state index in [1.54, 1.807) is 11.3 Å². The van der Waals surface area contributed by atoms with Gasteiger partial charge in [-0.25, -0.2) is 4.99 Å². The molecule has 2 N–H and O–H groups in total. The molecule has 0 saturated carbocycles. The molecule has 2 aromatic rings. The van der Waals surface area contributed by atoms with Crippen LogP contribution in [-0.4, -0.2) is 29.3 Å². The summed E-state index contributed by atoms with van der Waals surface area (Å²) in [6.45, 7) is 10.4. The first-order valence-electron chi connectivity index (χ1n) is 8.13. The zero-order valence-corrected chi connectivity index (χ0v) is 18.2. The lowest BCUT2D eigenvalue weighted by atomic mass is 10.3. The Labute approximate surface area is 169 Å². The first kappa shape index (κ1) is 21.8. The van der Waals surface area contributed by atoms with Gasteiger partial charge in [0.25, 0.3) is 0 Å². The summed E-state index contributed by atoms with van der Waals surface area (Å²) in [5.74, 6) is 1.75. The van der Waals surface area contributed by atoms with Gasteiger partial charge < -0.3 is 19.9 Å². The summed E-state index contributed by atoms with van der Waals surface area (Å²) in [5.41, 5.74) is 1.29. The molecule has 25 heavy (non-hydrogen) atoms. The number of halogens is 1. The molecule has 0 radical (unpaired) electrons. The number of aryl methyl sites for hydroxylation is 1. The van der Waals surface area contributed by atoms with Gasteiger partial charge >= 0.3 is 0 Å². The second-order valence-electron chi connectivity index (χ2n) is 5.22. The topological polar surface area (TPSA) is 84.6 Å². The van der Waals surface area contributed by atoms with Crippen molar-refractivity contribution in [3.8, 4) is 0 Å². The summed E-state index contributed by atoms with van der Waals surface area (Å²) in [5, 5.41) is 12.6. The maximum Gasteiger partial charge on any atom is 0.248 e. The number of aromatic nitrogens is 2. The minimum absolute atomic E-state index is 0. The van der Waals surface area contributed by atoms with Gasteiger partial charge in [-0.3, -0.25) is 0 Å². The number of thiophene rings is 1. The van der Waals surface area contributed by atoms with Crippen LogP contribution in [0.3, 0.4) is 0 Å². The smallest absolute Gasteiger partial charge is 0.248 e. The van der Waals surface area contributed by atoms with Crippen molar-refractivity contribution in [2.24, 2.45) is 4.99 Å². The molecule has 0 aliphatic rings. The molecule has 0 aromatic carbocycles. The molecular formula is C16H26IN5O2S. The fraction of sp³-hybridized carbons (Fsp3) is 0.562. The predicted molar refractivity (Wildman–Crippen MR) is 110 cm³/mol. The first-order chi connectivity index (χ1) is 11.6. The Hall–Kier alpha value is -1.20. The molecule has 0 aliphatic carbocycles. The molecule has 7 nitrogen and oxygen atoms in total. The molecule has 0 bridgehead atoms. The molecule has 0 saturated heterocycles. The average molecular weight is 479 g/mol. The van der Waals surface area contributed by atoms with Crippen LogP contribution >= 0.6 is 35.3 Å². The predicted octanol–water partition coefficient (Wildman–Crippen LogP) is 3.41. The molecular weight excluding hydrogens is 453 g/mol. The average Bonchev–Trinajstić information content (AvgIpc) is 3.19. The van der Waals surface area contributed by atoms with Gasteiger partial charge in [0, 0.05) is 18.0 Å². The number of rotatable bonds is 8. The monoisotopic (exact) mass is 479 g/mol. The summed E-state index contributed by atoms with van der Waals surface area (Å²) in [4.78, 5) is 10.1. The lowest BCUT2D eigenvalue weighted by Gasteiger charge is -2.10. The SMILES string of the molecule is CCNC(=NCc1nc(C(C)OCC)no1)NCc1sccc1C.I. The fourth-order valence-electron chi connectivity index (χ4n) is 2.06. The van der Waals surface area contributed by atoms with Gasteiger partial charge in [0.05, 0.1) is 6.54 Å². The Kier molecular flexibility index (Phi) is 9.98. The van der Waals surface area contributed by atoms with Crippen LogP contribution in [0.15, 0.2) is 21.0 Å². The van der Waals surface area contributed by atoms with Crippen molar-refractivity contribution in [3.63, 3.8) is 0 Å². The number of guanidine groups is 1. The Morgan fingerprint density at radius 1 is 1.40 bits per heavy atom. The van der Waals surface area contributed by atoms with Crippen LogP contribution in [0.5, 0.6) is 0 Å². The molecule has 0 spiro atoms. The van der Waals surface area contributed by atoms with E-state index in [9.17, 15) is 0 Å². The lowest BCUT2D eigenvalue weighted by Crippen LogP contribution is -2.36. The van der Waals surface area contributed by atoms with Gasteiger partial charge in [0.2, 0.25) is 5.89 Å². The van der Waals surface area contributed by atoms with Crippen molar-refractivity contribution in [2.45, 2.75) is 46.9 Å². The van der Waals surface area contributed by atoms with Gasteiger partial charge in [-0.2, -0.15) is 4.98 Å². The molecule has 1 unspecified atom stereocenters. The second-order valence-corrected chi connectivity index (χ2v) is 6.22. The maximum absolute atomic E-state index is 5.45. The summed E-state index contributed by atoms with van der Waals surface area (Å²) >= 11 is 1.74. The molecule has 1 atom stereocenters. The van der Waals surface area contributed by atoms with Crippen molar-refractivity contribution in [1.29, 1.82) is 0 Å². The number of nitrogens with one attached hydrogen (secondary N) is 2. The van der Waals surface area contributed by atoms with Gasteiger partial charge in [-0.15, -0.1) is 35.3 Å². The van der Waals surface area contributed by atoms with Crippen molar-refractivity contribution < 1.29 is 9.26 Å². The van der Waals surface area contributed by atoms with Crippen molar-refractivity contribution in [3.05, 3.63) is 33.6 Å². The van der Waals surface area contributed by atoms with Crippen LogP contribution in [0.2, 0.25) is 0 Å². The lowest BCUT2D eigenvalue weighted by molar-refractivity contribution is 0.0683. The minimum Gasteiger partial charge on any atom is -0.371 e. The molecule has 0 amide bonds. The number of aliphatic imine (C=N–C) groups is 1. The van der Waals surface area contributed by atoms with Crippen LogP contribution in [-0.2, 0) is 17.8 Å². The standard InChI is InChI=1S/C16H25N5O2S.HI/c1-5-17-16(18-9-13-11(3)7-8-24-13)19-10-14-20-15(21-23-14)12(4)22-6-2;/h7-8,12H,5-6,9-10H2,1-4H3,(H2,17,18,19);1H. The first-order valence-corrected chi connectivity index (χ1v) is 9.01. The zero-order chi connectivity index (χ0) is 17.4. The van der Waals surface area contributed by atoms with Crippen LogP contribution in [0.25, 0.3) is 0 Å². The van der Waals surface area contributed by atoms with E-state index < -0.39 is 0 Å². The number of hydrogen-bond donors (Lipinski definition) is 2. The summed E-state index contributed by atoms with van der Waals surface area (Å²) in [6.07, 6.45) is -0.176. The van der Waals surface area contributed by atoms with E-state index in [1.807, 2.05) is 20.8 Å². The van der Waals surface area contributed by atoms with Crippen molar-refractivity contribution >= 4 is 41.3 Å². The van der Waals surface area contributed by atoms with Gasteiger partial charge in [-0.05, 0) is 44.7 Å². The van der Waals surface area contributed by atoms with Gasteiger partial charge in [0.1, 0.15) is 12.6 Å². The number of hydrogen-bond acceptors (Lipinski definition) is 6. The minimum atomic E-state index is -0.176.